The molecule has 1 aromatic heterocycles. The van der Waals surface area contributed by atoms with Gasteiger partial charge in [-0.1, -0.05) is 42.5 Å². The zero-order valence-electron chi connectivity index (χ0n) is 15.2. The number of rotatable bonds is 3. The Morgan fingerprint density at radius 2 is 1.89 bits per heavy atom. The fourth-order valence-corrected chi connectivity index (χ4v) is 4.53. The maximum Gasteiger partial charge on any atom is 0.315 e. The molecule has 4 rings (SSSR count). The van der Waals surface area contributed by atoms with Gasteiger partial charge in [-0.05, 0) is 42.0 Å². The second-order valence-electron chi connectivity index (χ2n) is 6.85. The average molecular weight is 379 g/mol. The second kappa shape index (κ2) is 7.48. The van der Waals surface area contributed by atoms with E-state index in [1.165, 1.54) is 21.1 Å². The summed E-state index contributed by atoms with van der Waals surface area (Å²) < 4.78 is 0. The predicted molar refractivity (Wildman–Crippen MR) is 108 cm³/mol. The minimum Gasteiger partial charge on any atom is -0.333 e. The van der Waals surface area contributed by atoms with Crippen molar-refractivity contribution in [2.24, 2.45) is 0 Å². The Kier molecular flexibility index (Phi) is 4.90. The van der Waals surface area contributed by atoms with E-state index in [-0.39, 0.29) is 0 Å². The number of benzene rings is 2. The molecular formula is C21H21N3O2S. The Morgan fingerprint density at radius 3 is 2.74 bits per heavy atom. The van der Waals surface area contributed by atoms with Crippen LogP contribution in [0.4, 0.5) is 5.13 Å². The zero-order chi connectivity index (χ0) is 18.8. The van der Waals surface area contributed by atoms with Crippen LogP contribution < -0.4 is 5.32 Å². The van der Waals surface area contributed by atoms with Gasteiger partial charge in [0.05, 0.1) is 5.69 Å². The van der Waals surface area contributed by atoms with E-state index in [1.54, 1.807) is 7.05 Å². The molecule has 1 heterocycles. The normalized spacial score (nSPS) is 13.2. The SMILES string of the molecule is CN(Cc1cccc2ccccc12)C(=O)C(=O)Nc1nc2c(s1)CCCC2. The van der Waals surface area contributed by atoms with Crippen LogP contribution >= 0.6 is 11.3 Å². The number of nitrogens with zero attached hydrogens (tertiary/aromatic N) is 2. The highest BCUT2D eigenvalue weighted by atomic mass is 32.1. The molecule has 1 N–H and O–H groups in total. The number of anilines is 1. The number of hydrogen-bond acceptors (Lipinski definition) is 4. The number of fused-ring (bicyclic) bond motifs is 2. The van der Waals surface area contributed by atoms with Crippen LogP contribution in [0.5, 0.6) is 0 Å². The van der Waals surface area contributed by atoms with Gasteiger partial charge in [0.15, 0.2) is 5.13 Å². The summed E-state index contributed by atoms with van der Waals surface area (Å²) in [5.41, 5.74) is 2.08. The first-order valence-corrected chi connectivity index (χ1v) is 9.95. The molecule has 2 aromatic carbocycles. The first kappa shape index (κ1) is 17.7. The zero-order valence-corrected chi connectivity index (χ0v) is 16.0. The molecule has 0 bridgehead atoms. The lowest BCUT2D eigenvalue weighted by Crippen LogP contribution is -2.36. The van der Waals surface area contributed by atoms with E-state index in [2.05, 4.69) is 10.3 Å². The van der Waals surface area contributed by atoms with Crippen molar-refractivity contribution in [3.05, 3.63) is 58.6 Å². The molecule has 6 heteroatoms. The van der Waals surface area contributed by atoms with Crippen molar-refractivity contribution in [3.8, 4) is 0 Å². The number of likely N-dealkylation sites (N-methyl/N-ethyl adjacent to an activating group) is 1. The van der Waals surface area contributed by atoms with E-state index < -0.39 is 11.8 Å². The van der Waals surface area contributed by atoms with Crippen LogP contribution in [0.3, 0.4) is 0 Å². The van der Waals surface area contributed by atoms with Gasteiger partial charge < -0.3 is 4.90 Å². The van der Waals surface area contributed by atoms with Crippen LogP contribution in [-0.4, -0.2) is 28.7 Å². The van der Waals surface area contributed by atoms with Gasteiger partial charge in [-0.2, -0.15) is 0 Å². The Balaban J connectivity index is 1.45. The van der Waals surface area contributed by atoms with Crippen molar-refractivity contribution >= 4 is 39.1 Å². The average Bonchev–Trinajstić information content (AvgIpc) is 3.09. The highest BCUT2D eigenvalue weighted by Gasteiger charge is 2.22. The van der Waals surface area contributed by atoms with E-state index >= 15 is 0 Å². The van der Waals surface area contributed by atoms with Crippen molar-refractivity contribution in [2.45, 2.75) is 32.2 Å². The maximum atomic E-state index is 12.5. The van der Waals surface area contributed by atoms with Gasteiger partial charge in [0, 0.05) is 18.5 Å². The molecule has 0 saturated heterocycles. The maximum absolute atomic E-state index is 12.5. The molecule has 0 atom stereocenters. The summed E-state index contributed by atoms with van der Waals surface area (Å²) in [6, 6.07) is 14.0. The predicted octanol–water partition coefficient (Wildman–Crippen LogP) is 3.77. The van der Waals surface area contributed by atoms with Gasteiger partial charge in [0.1, 0.15) is 0 Å². The number of carbonyl (C=O) groups excluding carboxylic acids is 2. The molecular weight excluding hydrogens is 358 g/mol. The number of thiazole rings is 1. The molecule has 0 radical (unpaired) electrons. The third kappa shape index (κ3) is 3.71. The van der Waals surface area contributed by atoms with Gasteiger partial charge in [-0.3, -0.25) is 14.9 Å². The molecule has 1 aliphatic rings. The summed E-state index contributed by atoms with van der Waals surface area (Å²) in [5, 5.41) is 5.42. The first-order valence-electron chi connectivity index (χ1n) is 9.13. The largest absolute Gasteiger partial charge is 0.333 e. The third-order valence-electron chi connectivity index (χ3n) is 4.89. The molecule has 0 spiro atoms. The Bertz CT molecular complexity index is 983. The monoisotopic (exact) mass is 379 g/mol. The molecule has 5 nitrogen and oxygen atoms in total. The number of aromatic nitrogens is 1. The molecule has 2 amide bonds. The van der Waals surface area contributed by atoms with Crippen LogP contribution in [-0.2, 0) is 29.0 Å². The summed E-state index contributed by atoms with van der Waals surface area (Å²) in [5.74, 6) is -1.19. The standard InChI is InChI=1S/C21H21N3O2S/c1-24(13-15-9-6-8-14-7-2-3-10-16(14)15)20(26)19(25)23-21-22-17-11-4-5-12-18(17)27-21/h2-3,6-10H,4-5,11-13H2,1H3,(H,22,23,25). The molecule has 0 fully saturated rings. The minimum absolute atomic E-state index is 0.377. The van der Waals surface area contributed by atoms with Crippen LogP contribution in [0.1, 0.15) is 29.0 Å². The third-order valence-corrected chi connectivity index (χ3v) is 5.97. The second-order valence-corrected chi connectivity index (χ2v) is 7.93. The number of carbonyl (C=O) groups is 2. The van der Waals surface area contributed by atoms with Crippen molar-refractivity contribution in [2.75, 3.05) is 12.4 Å². The van der Waals surface area contributed by atoms with Gasteiger partial charge in [-0.25, -0.2) is 4.98 Å². The molecule has 1 aliphatic carbocycles. The number of nitrogens with one attached hydrogen (secondary N) is 1. The Hall–Kier alpha value is -2.73. The van der Waals surface area contributed by atoms with E-state index in [0.717, 1.165) is 47.7 Å². The molecule has 27 heavy (non-hydrogen) atoms. The highest BCUT2D eigenvalue weighted by Crippen LogP contribution is 2.29. The van der Waals surface area contributed by atoms with Crippen molar-refractivity contribution in [3.63, 3.8) is 0 Å². The Morgan fingerprint density at radius 1 is 1.11 bits per heavy atom. The summed E-state index contributed by atoms with van der Waals surface area (Å²) >= 11 is 1.48. The van der Waals surface area contributed by atoms with Crippen molar-refractivity contribution in [1.29, 1.82) is 0 Å². The molecule has 0 aliphatic heterocycles. The molecule has 0 unspecified atom stereocenters. The smallest absolute Gasteiger partial charge is 0.315 e. The lowest BCUT2D eigenvalue weighted by atomic mass is 10.0. The number of aryl methyl sites for hydroxylation is 2. The van der Waals surface area contributed by atoms with Crippen molar-refractivity contribution in [1.82, 2.24) is 9.88 Å². The van der Waals surface area contributed by atoms with Crippen LogP contribution in [0, 0.1) is 0 Å². The first-order chi connectivity index (χ1) is 13.1. The fraction of sp³-hybridized carbons (Fsp3) is 0.286. The van der Waals surface area contributed by atoms with Gasteiger partial charge in [-0.15, -0.1) is 11.3 Å². The molecule has 138 valence electrons. The van der Waals surface area contributed by atoms with Crippen LogP contribution in [0.15, 0.2) is 42.5 Å². The van der Waals surface area contributed by atoms with Crippen molar-refractivity contribution < 1.29 is 9.59 Å². The number of amides is 2. The molecule has 0 saturated carbocycles. The fourth-order valence-electron chi connectivity index (χ4n) is 3.49. The van der Waals surface area contributed by atoms with Gasteiger partial charge in [0.2, 0.25) is 0 Å². The minimum atomic E-state index is -0.635. The lowest BCUT2D eigenvalue weighted by Gasteiger charge is -2.17. The Labute approximate surface area is 162 Å². The topological polar surface area (TPSA) is 62.3 Å². The van der Waals surface area contributed by atoms with Gasteiger partial charge >= 0.3 is 11.8 Å². The highest BCUT2D eigenvalue weighted by molar-refractivity contribution is 7.16. The van der Waals surface area contributed by atoms with E-state index in [1.807, 2.05) is 42.5 Å². The number of hydrogen-bond donors (Lipinski definition) is 1. The quantitative estimate of drug-likeness (QED) is 0.705. The van der Waals surface area contributed by atoms with Crippen LogP contribution in [0.2, 0.25) is 0 Å². The van der Waals surface area contributed by atoms with Crippen LogP contribution in [0.25, 0.3) is 10.8 Å². The van der Waals surface area contributed by atoms with E-state index in [0.29, 0.717) is 11.7 Å². The van der Waals surface area contributed by atoms with E-state index in [9.17, 15) is 9.59 Å². The summed E-state index contributed by atoms with van der Waals surface area (Å²) in [4.78, 5) is 32.1. The van der Waals surface area contributed by atoms with E-state index in [4.69, 9.17) is 0 Å². The summed E-state index contributed by atoms with van der Waals surface area (Å²) in [6.07, 6.45) is 4.26. The molecule has 3 aromatic rings. The summed E-state index contributed by atoms with van der Waals surface area (Å²) in [7, 11) is 1.65. The summed E-state index contributed by atoms with van der Waals surface area (Å²) in [6.45, 7) is 0.377. The van der Waals surface area contributed by atoms with Gasteiger partial charge in [0.25, 0.3) is 0 Å². The lowest BCUT2D eigenvalue weighted by molar-refractivity contribution is -0.142.